The van der Waals surface area contributed by atoms with E-state index in [2.05, 4.69) is 17.1 Å². The lowest BCUT2D eigenvalue weighted by atomic mass is 9.92. The maximum absolute atomic E-state index is 12.8. The minimum absolute atomic E-state index is 0.204. The van der Waals surface area contributed by atoms with Crippen molar-refractivity contribution < 1.29 is 9.53 Å². The highest BCUT2D eigenvalue weighted by atomic mass is 16.5. The van der Waals surface area contributed by atoms with E-state index in [0.717, 1.165) is 70.1 Å². The van der Waals surface area contributed by atoms with Gasteiger partial charge in [-0.1, -0.05) is 19.8 Å². The number of nitrogens with zero attached hydrogens (tertiary/aromatic N) is 1. The molecule has 1 unspecified atom stereocenters. The van der Waals surface area contributed by atoms with Gasteiger partial charge in [-0.15, -0.1) is 0 Å². The maximum atomic E-state index is 12.8. The highest BCUT2D eigenvalue weighted by Gasteiger charge is 2.34. The van der Waals surface area contributed by atoms with Gasteiger partial charge in [0.2, 0.25) is 0 Å². The van der Waals surface area contributed by atoms with E-state index in [4.69, 9.17) is 4.74 Å². The Morgan fingerprint density at radius 3 is 2.33 bits per heavy atom. The summed E-state index contributed by atoms with van der Waals surface area (Å²) >= 11 is 0. The first kappa shape index (κ1) is 15.3. The van der Waals surface area contributed by atoms with Gasteiger partial charge < -0.3 is 15.0 Å². The Kier molecular flexibility index (Phi) is 5.17. The zero-order chi connectivity index (χ0) is 14.7. The van der Waals surface area contributed by atoms with Crippen molar-refractivity contribution in [2.75, 3.05) is 26.2 Å². The molecule has 1 N–H and O–H groups in total. The molecule has 2 heterocycles. The second-order valence-corrected chi connectivity index (χ2v) is 7.02. The molecule has 3 rings (SSSR count). The average Bonchev–Trinajstić information content (AvgIpc) is 3.13. The predicted molar refractivity (Wildman–Crippen MR) is 83.1 cm³/mol. The number of likely N-dealkylation sites (tertiary alicyclic amines) is 1. The van der Waals surface area contributed by atoms with Crippen molar-refractivity contribution in [2.24, 2.45) is 11.8 Å². The Morgan fingerprint density at radius 1 is 1.14 bits per heavy atom. The van der Waals surface area contributed by atoms with Crippen LogP contribution in [0.5, 0.6) is 0 Å². The highest BCUT2D eigenvalue weighted by molar-refractivity contribution is 5.81. The first-order valence-corrected chi connectivity index (χ1v) is 8.93. The maximum Gasteiger partial charge on any atom is 0.251 e. The Bertz CT molecular complexity index is 341. The molecule has 1 aliphatic carbocycles. The highest BCUT2D eigenvalue weighted by Crippen LogP contribution is 2.28. The monoisotopic (exact) mass is 294 g/mol. The van der Waals surface area contributed by atoms with Gasteiger partial charge in [-0.05, 0) is 57.0 Å². The fourth-order valence-electron chi connectivity index (χ4n) is 4.23. The normalized spacial score (nSPS) is 32.0. The van der Waals surface area contributed by atoms with Gasteiger partial charge in [-0.3, -0.25) is 4.79 Å². The quantitative estimate of drug-likeness (QED) is 0.864. The molecule has 0 aromatic heterocycles. The van der Waals surface area contributed by atoms with E-state index in [1.807, 2.05) is 0 Å². The van der Waals surface area contributed by atoms with Gasteiger partial charge in [0.1, 0.15) is 6.10 Å². The van der Waals surface area contributed by atoms with Crippen molar-refractivity contribution in [2.45, 2.75) is 64.1 Å². The summed E-state index contributed by atoms with van der Waals surface area (Å²) in [6.07, 6.45) is 8.04. The first-order chi connectivity index (χ1) is 10.3. The number of nitrogens with one attached hydrogen (secondary N) is 1. The van der Waals surface area contributed by atoms with E-state index in [0.29, 0.717) is 6.10 Å². The second kappa shape index (κ2) is 7.10. The zero-order valence-corrected chi connectivity index (χ0v) is 13.4. The van der Waals surface area contributed by atoms with E-state index in [1.165, 1.54) is 12.8 Å². The van der Waals surface area contributed by atoms with Gasteiger partial charge in [0.15, 0.2) is 0 Å². The molecule has 3 aliphatic rings. The van der Waals surface area contributed by atoms with Gasteiger partial charge >= 0.3 is 0 Å². The van der Waals surface area contributed by atoms with Crippen molar-refractivity contribution in [3.8, 4) is 0 Å². The Morgan fingerprint density at radius 2 is 1.76 bits per heavy atom. The second-order valence-electron chi connectivity index (χ2n) is 7.02. The molecule has 3 atom stereocenters. The van der Waals surface area contributed by atoms with E-state index in [1.54, 1.807) is 0 Å². The van der Waals surface area contributed by atoms with Gasteiger partial charge in [0.05, 0.1) is 6.10 Å². The van der Waals surface area contributed by atoms with Gasteiger partial charge in [-0.2, -0.15) is 0 Å². The molecule has 21 heavy (non-hydrogen) atoms. The summed E-state index contributed by atoms with van der Waals surface area (Å²) < 4.78 is 6.11. The zero-order valence-electron chi connectivity index (χ0n) is 13.4. The summed E-state index contributed by atoms with van der Waals surface area (Å²) in [5.74, 6) is 1.80. The first-order valence-electron chi connectivity index (χ1n) is 8.93. The molecule has 1 amide bonds. The third kappa shape index (κ3) is 3.59. The smallest absolute Gasteiger partial charge is 0.251 e. The van der Waals surface area contributed by atoms with Crippen LogP contribution in [0.2, 0.25) is 0 Å². The van der Waals surface area contributed by atoms with Crippen molar-refractivity contribution in [1.82, 2.24) is 10.2 Å². The van der Waals surface area contributed by atoms with Gasteiger partial charge in [0.25, 0.3) is 5.91 Å². The molecule has 0 aromatic carbocycles. The molecule has 2 saturated heterocycles. The molecule has 120 valence electrons. The third-order valence-electron chi connectivity index (χ3n) is 5.64. The predicted octanol–water partition coefficient (Wildman–Crippen LogP) is 2.18. The fraction of sp³-hybridized carbons (Fsp3) is 0.941. The number of carbonyl (C=O) groups excluding carboxylic acids is 1. The number of carbonyl (C=O) groups is 1. The largest absolute Gasteiger partial charge is 0.365 e. The molecule has 0 spiro atoms. The lowest BCUT2D eigenvalue weighted by molar-refractivity contribution is -0.147. The fourth-order valence-corrected chi connectivity index (χ4v) is 4.23. The van der Waals surface area contributed by atoms with Gasteiger partial charge in [-0.25, -0.2) is 0 Å². The number of fused-ring (bicyclic) bond motifs is 1. The van der Waals surface area contributed by atoms with Crippen LogP contribution >= 0.6 is 0 Å². The summed E-state index contributed by atoms with van der Waals surface area (Å²) in [5, 5.41) is 3.49. The third-order valence-corrected chi connectivity index (χ3v) is 5.64. The van der Waals surface area contributed by atoms with E-state index in [9.17, 15) is 4.79 Å². The minimum Gasteiger partial charge on any atom is -0.365 e. The molecule has 4 nitrogen and oxygen atoms in total. The number of rotatable bonds is 4. The molecule has 3 fully saturated rings. The van der Waals surface area contributed by atoms with Crippen molar-refractivity contribution in [3.63, 3.8) is 0 Å². The summed E-state index contributed by atoms with van der Waals surface area (Å²) in [4.78, 5) is 14.9. The molecule has 1 saturated carbocycles. The van der Waals surface area contributed by atoms with Crippen LogP contribution in [0.4, 0.5) is 0 Å². The number of ether oxygens (including phenoxy) is 1. The number of amides is 1. The molecule has 4 heteroatoms. The standard InChI is InChI=1S/C17H30N2O2/c1-2-16(21-15-5-3-4-6-15)17(20)19-9-7-13-11-18-12-14(13)8-10-19/h13-16,18H,2-12H2,1H3/t13-,14+,16?. The van der Waals surface area contributed by atoms with Crippen LogP contribution in [-0.2, 0) is 9.53 Å². The van der Waals surface area contributed by atoms with Crippen LogP contribution in [0.25, 0.3) is 0 Å². The molecular formula is C17H30N2O2. The van der Waals surface area contributed by atoms with Crippen molar-refractivity contribution in [3.05, 3.63) is 0 Å². The Balaban J connectivity index is 1.55. The van der Waals surface area contributed by atoms with Crippen molar-refractivity contribution >= 4 is 5.91 Å². The van der Waals surface area contributed by atoms with Crippen LogP contribution < -0.4 is 5.32 Å². The summed E-state index contributed by atoms with van der Waals surface area (Å²) in [5.41, 5.74) is 0. The van der Waals surface area contributed by atoms with E-state index in [-0.39, 0.29) is 12.0 Å². The lowest BCUT2D eigenvalue weighted by Crippen LogP contribution is -2.42. The van der Waals surface area contributed by atoms with E-state index >= 15 is 0 Å². The number of hydrogen-bond acceptors (Lipinski definition) is 3. The molecule has 0 aromatic rings. The van der Waals surface area contributed by atoms with Crippen LogP contribution in [0.15, 0.2) is 0 Å². The molecule has 0 radical (unpaired) electrons. The van der Waals surface area contributed by atoms with Crippen LogP contribution in [0, 0.1) is 11.8 Å². The van der Waals surface area contributed by atoms with E-state index < -0.39 is 0 Å². The average molecular weight is 294 g/mol. The Hall–Kier alpha value is -0.610. The van der Waals surface area contributed by atoms with Crippen LogP contribution in [-0.4, -0.2) is 49.2 Å². The van der Waals surface area contributed by atoms with Crippen molar-refractivity contribution in [1.29, 1.82) is 0 Å². The summed E-state index contributed by atoms with van der Waals surface area (Å²) in [6, 6.07) is 0. The SMILES string of the molecule is CCC(OC1CCCC1)C(=O)N1CC[C@@H]2CNC[C@@H]2CC1. The number of hydrogen-bond donors (Lipinski definition) is 1. The topological polar surface area (TPSA) is 41.6 Å². The summed E-state index contributed by atoms with van der Waals surface area (Å²) in [6.45, 7) is 6.21. The van der Waals surface area contributed by atoms with Gasteiger partial charge in [0, 0.05) is 13.1 Å². The summed E-state index contributed by atoms with van der Waals surface area (Å²) in [7, 11) is 0. The van der Waals surface area contributed by atoms with Crippen LogP contribution in [0.1, 0.15) is 51.9 Å². The van der Waals surface area contributed by atoms with Crippen LogP contribution in [0.3, 0.4) is 0 Å². The molecule has 0 bridgehead atoms. The Labute approximate surface area is 128 Å². The molecule has 2 aliphatic heterocycles. The lowest BCUT2D eigenvalue weighted by Gasteiger charge is -2.27. The molecular weight excluding hydrogens is 264 g/mol. The minimum atomic E-state index is -0.204.